The lowest BCUT2D eigenvalue weighted by molar-refractivity contribution is -0.115. The Hall–Kier alpha value is -2.24. The van der Waals surface area contributed by atoms with Gasteiger partial charge in [0.25, 0.3) is 5.91 Å². The van der Waals surface area contributed by atoms with E-state index in [1.54, 1.807) is 49.6 Å². The SMILES string of the molecule is COc1ccc(C(=O)NCC(=O)Nc2cccc(Cl)c2Cl)cc1. The topological polar surface area (TPSA) is 67.4 Å². The second-order valence-electron chi connectivity index (χ2n) is 4.56. The Labute approximate surface area is 143 Å². The van der Waals surface area contributed by atoms with Crippen LogP contribution in [0.4, 0.5) is 5.69 Å². The van der Waals surface area contributed by atoms with E-state index >= 15 is 0 Å². The van der Waals surface area contributed by atoms with Gasteiger partial charge in [0.05, 0.1) is 29.4 Å². The summed E-state index contributed by atoms with van der Waals surface area (Å²) in [5, 5.41) is 5.70. The van der Waals surface area contributed by atoms with Crippen LogP contribution in [0.1, 0.15) is 10.4 Å². The smallest absolute Gasteiger partial charge is 0.251 e. The number of carbonyl (C=O) groups excluding carboxylic acids is 2. The summed E-state index contributed by atoms with van der Waals surface area (Å²) in [6.07, 6.45) is 0. The lowest BCUT2D eigenvalue weighted by Crippen LogP contribution is -2.32. The van der Waals surface area contributed by atoms with Crippen LogP contribution in [-0.2, 0) is 4.79 Å². The van der Waals surface area contributed by atoms with Crippen LogP contribution < -0.4 is 15.4 Å². The molecule has 2 aromatic carbocycles. The number of rotatable bonds is 5. The number of hydrogen-bond donors (Lipinski definition) is 2. The lowest BCUT2D eigenvalue weighted by Gasteiger charge is -2.09. The number of anilines is 1. The molecule has 2 N–H and O–H groups in total. The van der Waals surface area contributed by atoms with E-state index in [2.05, 4.69) is 10.6 Å². The Balaban J connectivity index is 1.90. The summed E-state index contributed by atoms with van der Waals surface area (Å²) >= 11 is 11.8. The van der Waals surface area contributed by atoms with E-state index in [-0.39, 0.29) is 17.5 Å². The average Bonchev–Trinajstić information content (AvgIpc) is 2.57. The molecule has 0 unspecified atom stereocenters. The van der Waals surface area contributed by atoms with Crippen molar-refractivity contribution in [2.45, 2.75) is 0 Å². The highest BCUT2D eigenvalue weighted by molar-refractivity contribution is 6.44. The second kappa shape index (κ2) is 7.85. The third kappa shape index (κ3) is 4.61. The molecule has 0 fully saturated rings. The number of halogens is 2. The van der Waals surface area contributed by atoms with Gasteiger partial charge in [-0.25, -0.2) is 0 Å². The van der Waals surface area contributed by atoms with Gasteiger partial charge in [0, 0.05) is 5.56 Å². The van der Waals surface area contributed by atoms with Gasteiger partial charge in [0.2, 0.25) is 5.91 Å². The summed E-state index contributed by atoms with van der Waals surface area (Å²) < 4.78 is 5.02. The van der Waals surface area contributed by atoms with Gasteiger partial charge in [-0.15, -0.1) is 0 Å². The highest BCUT2D eigenvalue weighted by atomic mass is 35.5. The first-order valence-corrected chi connectivity index (χ1v) is 7.43. The van der Waals surface area contributed by atoms with E-state index in [0.29, 0.717) is 22.0 Å². The standard InChI is InChI=1S/C16H14Cl2N2O3/c1-23-11-7-5-10(6-8-11)16(22)19-9-14(21)20-13-4-2-3-12(17)15(13)18/h2-8H,9H2,1H3,(H,19,22)(H,20,21). The minimum atomic E-state index is -0.406. The van der Waals surface area contributed by atoms with Gasteiger partial charge in [-0.2, -0.15) is 0 Å². The number of amides is 2. The van der Waals surface area contributed by atoms with Crippen LogP contribution in [0.15, 0.2) is 42.5 Å². The van der Waals surface area contributed by atoms with Crippen LogP contribution in [0.5, 0.6) is 5.75 Å². The highest BCUT2D eigenvalue weighted by Gasteiger charge is 2.11. The van der Waals surface area contributed by atoms with Crippen molar-refractivity contribution in [1.82, 2.24) is 5.32 Å². The van der Waals surface area contributed by atoms with E-state index in [4.69, 9.17) is 27.9 Å². The molecular formula is C16H14Cl2N2O3. The fraction of sp³-hybridized carbons (Fsp3) is 0.125. The second-order valence-corrected chi connectivity index (χ2v) is 5.35. The van der Waals surface area contributed by atoms with Gasteiger partial charge >= 0.3 is 0 Å². The molecule has 2 amide bonds. The summed E-state index contributed by atoms with van der Waals surface area (Å²) in [6.45, 7) is -0.187. The molecule has 120 valence electrons. The zero-order valence-electron chi connectivity index (χ0n) is 12.2. The fourth-order valence-electron chi connectivity index (χ4n) is 1.80. The summed E-state index contributed by atoms with van der Waals surface area (Å²) in [6, 6.07) is 11.5. The molecule has 0 bridgehead atoms. The third-order valence-electron chi connectivity index (χ3n) is 2.99. The van der Waals surface area contributed by atoms with Crippen molar-refractivity contribution in [2.75, 3.05) is 19.0 Å². The molecule has 7 heteroatoms. The Morgan fingerprint density at radius 2 is 1.78 bits per heavy atom. The molecular weight excluding hydrogens is 339 g/mol. The normalized spacial score (nSPS) is 10.0. The number of benzene rings is 2. The highest BCUT2D eigenvalue weighted by Crippen LogP contribution is 2.29. The maximum absolute atomic E-state index is 11.9. The van der Waals surface area contributed by atoms with Gasteiger partial charge in [-0.05, 0) is 36.4 Å². The number of nitrogens with one attached hydrogen (secondary N) is 2. The minimum absolute atomic E-state index is 0.187. The van der Waals surface area contributed by atoms with Gasteiger partial charge in [-0.1, -0.05) is 29.3 Å². The Kier molecular flexibility index (Phi) is 5.84. The van der Waals surface area contributed by atoms with Crippen LogP contribution in [0.25, 0.3) is 0 Å². The summed E-state index contributed by atoms with van der Waals surface area (Å²) in [5.41, 5.74) is 0.822. The molecule has 0 saturated heterocycles. The van der Waals surface area contributed by atoms with Crippen LogP contribution in [0, 0.1) is 0 Å². The number of carbonyl (C=O) groups is 2. The van der Waals surface area contributed by atoms with E-state index in [0.717, 1.165) is 0 Å². The van der Waals surface area contributed by atoms with Crippen molar-refractivity contribution in [3.8, 4) is 5.75 Å². The van der Waals surface area contributed by atoms with Crippen molar-refractivity contribution in [1.29, 1.82) is 0 Å². The van der Waals surface area contributed by atoms with E-state index in [1.807, 2.05) is 0 Å². The first-order chi connectivity index (χ1) is 11.0. The third-order valence-corrected chi connectivity index (χ3v) is 3.81. The Morgan fingerprint density at radius 3 is 2.43 bits per heavy atom. The molecule has 0 atom stereocenters. The van der Waals surface area contributed by atoms with Gasteiger partial charge in [0.1, 0.15) is 5.75 Å². The van der Waals surface area contributed by atoms with Crippen molar-refractivity contribution in [3.05, 3.63) is 58.1 Å². The average molecular weight is 353 g/mol. The number of hydrogen-bond acceptors (Lipinski definition) is 3. The monoisotopic (exact) mass is 352 g/mol. The molecule has 2 aromatic rings. The van der Waals surface area contributed by atoms with Gasteiger partial charge in [0.15, 0.2) is 0 Å². The first kappa shape index (κ1) is 17.1. The van der Waals surface area contributed by atoms with Crippen LogP contribution in [-0.4, -0.2) is 25.5 Å². The van der Waals surface area contributed by atoms with Gasteiger partial charge < -0.3 is 15.4 Å². The zero-order valence-corrected chi connectivity index (χ0v) is 13.7. The number of methoxy groups -OCH3 is 1. The van der Waals surface area contributed by atoms with Crippen molar-refractivity contribution in [2.24, 2.45) is 0 Å². The summed E-state index contributed by atoms with van der Waals surface area (Å²) in [7, 11) is 1.54. The maximum atomic E-state index is 11.9. The molecule has 0 aliphatic rings. The molecule has 2 rings (SSSR count). The first-order valence-electron chi connectivity index (χ1n) is 6.67. The quantitative estimate of drug-likeness (QED) is 0.866. The summed E-state index contributed by atoms with van der Waals surface area (Å²) in [4.78, 5) is 23.8. The molecule has 0 aromatic heterocycles. The van der Waals surface area contributed by atoms with Crippen molar-refractivity contribution in [3.63, 3.8) is 0 Å². The molecule has 0 heterocycles. The molecule has 0 radical (unpaired) electrons. The molecule has 5 nitrogen and oxygen atoms in total. The van der Waals surface area contributed by atoms with Crippen molar-refractivity contribution < 1.29 is 14.3 Å². The van der Waals surface area contributed by atoms with Crippen LogP contribution in [0.3, 0.4) is 0 Å². The molecule has 23 heavy (non-hydrogen) atoms. The molecule has 0 saturated carbocycles. The van der Waals surface area contributed by atoms with Crippen molar-refractivity contribution >= 4 is 40.7 Å². The van der Waals surface area contributed by atoms with Crippen LogP contribution >= 0.6 is 23.2 Å². The summed E-state index contributed by atoms with van der Waals surface area (Å²) in [5.74, 6) is -0.120. The predicted molar refractivity (Wildman–Crippen MR) is 90.4 cm³/mol. The molecule has 0 aliphatic heterocycles. The van der Waals surface area contributed by atoms with Crippen LogP contribution in [0.2, 0.25) is 10.0 Å². The largest absolute Gasteiger partial charge is 0.497 e. The lowest BCUT2D eigenvalue weighted by atomic mass is 10.2. The fourth-order valence-corrected chi connectivity index (χ4v) is 2.15. The minimum Gasteiger partial charge on any atom is -0.497 e. The molecule has 0 aliphatic carbocycles. The Bertz CT molecular complexity index is 718. The molecule has 0 spiro atoms. The Morgan fingerprint density at radius 1 is 1.09 bits per heavy atom. The zero-order chi connectivity index (χ0) is 16.8. The van der Waals surface area contributed by atoms with E-state index in [9.17, 15) is 9.59 Å². The number of ether oxygens (including phenoxy) is 1. The predicted octanol–water partition coefficient (Wildman–Crippen LogP) is 3.37. The van der Waals surface area contributed by atoms with E-state index < -0.39 is 5.91 Å². The van der Waals surface area contributed by atoms with Gasteiger partial charge in [-0.3, -0.25) is 9.59 Å². The maximum Gasteiger partial charge on any atom is 0.251 e. The van der Waals surface area contributed by atoms with E-state index in [1.165, 1.54) is 0 Å².